The van der Waals surface area contributed by atoms with Crippen LogP contribution in [0.15, 0.2) is 77.6 Å². The van der Waals surface area contributed by atoms with Crippen molar-refractivity contribution in [3.63, 3.8) is 0 Å². The minimum atomic E-state index is -0.399. The highest BCUT2D eigenvalue weighted by molar-refractivity contribution is 7.23. The molecule has 0 bridgehead atoms. The molecule has 1 saturated carbocycles. The van der Waals surface area contributed by atoms with Crippen LogP contribution < -0.4 is 20.7 Å². The van der Waals surface area contributed by atoms with Crippen molar-refractivity contribution < 1.29 is 14.1 Å². The number of rotatable bonds is 9. The Kier molecular flexibility index (Phi) is 7.02. The van der Waals surface area contributed by atoms with Crippen LogP contribution in [-0.4, -0.2) is 42.7 Å². The molecule has 5 heterocycles. The second-order valence-electron chi connectivity index (χ2n) is 12.1. The lowest BCUT2D eigenvalue weighted by molar-refractivity contribution is 0.243. The molecule has 0 spiro atoms. The topological polar surface area (TPSA) is 132 Å². The van der Waals surface area contributed by atoms with E-state index in [9.17, 15) is 4.79 Å². The summed E-state index contributed by atoms with van der Waals surface area (Å²) in [6, 6.07) is 18.8. The molecule has 1 fully saturated rings. The Morgan fingerprint density at radius 2 is 1.91 bits per heavy atom. The number of thiazole rings is 1. The van der Waals surface area contributed by atoms with Gasteiger partial charge in [-0.3, -0.25) is 14.7 Å². The number of fused-ring (bicyclic) bond motifs is 3. The number of hydrogen-bond acceptors (Lipinski definition) is 9. The van der Waals surface area contributed by atoms with Crippen molar-refractivity contribution in [2.24, 2.45) is 0 Å². The zero-order chi connectivity index (χ0) is 30.3. The third-order valence-corrected chi connectivity index (χ3v) is 8.55. The first-order chi connectivity index (χ1) is 21.2. The fourth-order valence-corrected chi connectivity index (χ4v) is 5.77. The maximum atomic E-state index is 12.5. The highest BCUT2D eigenvalue weighted by Gasteiger charge is 2.43. The average Bonchev–Trinajstić information content (AvgIpc) is 3.28. The molecule has 5 aromatic heterocycles. The standard InChI is InChI=1S/C32H32N8O3S/c1-31(2,3)25-16-26(39-43-25)37-29(41)35-21-9-7-20(8-10-21)23-18-40-24-11-12-27(38-28(24)44-30(40)36-23)42-19-32(13-14-32)34-17-22-6-4-5-15-33-22/h4-12,15-16,18,34H,13-14,17,19H2,1-3H3,(H2,35,37,39,41). The molecule has 6 aromatic rings. The van der Waals surface area contributed by atoms with Crippen molar-refractivity contribution in [2.45, 2.75) is 51.1 Å². The first-order valence-corrected chi connectivity index (χ1v) is 15.3. The molecule has 11 nitrogen and oxygen atoms in total. The molecule has 0 atom stereocenters. The summed E-state index contributed by atoms with van der Waals surface area (Å²) in [5.74, 6) is 1.67. The van der Waals surface area contributed by atoms with Crippen molar-refractivity contribution in [3.05, 3.63) is 84.5 Å². The molecule has 0 radical (unpaired) electrons. The van der Waals surface area contributed by atoms with Crippen LogP contribution in [0.1, 0.15) is 45.1 Å². The highest BCUT2D eigenvalue weighted by Crippen LogP contribution is 2.37. The largest absolute Gasteiger partial charge is 0.476 e. The number of carbonyl (C=O) groups excluding carboxylic acids is 1. The quantitative estimate of drug-likeness (QED) is 0.167. The monoisotopic (exact) mass is 608 g/mol. The number of carbonyl (C=O) groups is 1. The summed E-state index contributed by atoms with van der Waals surface area (Å²) in [5.41, 5.74) is 4.20. The lowest BCUT2D eigenvalue weighted by Gasteiger charge is -2.17. The zero-order valence-electron chi connectivity index (χ0n) is 24.6. The molecule has 0 aliphatic heterocycles. The molecule has 224 valence electrons. The number of urea groups is 1. The SMILES string of the molecule is CC(C)(C)c1cc(NC(=O)Nc2ccc(-c3cn4c(n3)sc3nc(OCC5(NCc6ccccn6)CC5)ccc34)cc2)no1. The number of benzene rings is 1. The van der Waals surface area contributed by atoms with E-state index in [1.165, 1.54) is 11.3 Å². The molecular weight excluding hydrogens is 576 g/mol. The van der Waals surface area contributed by atoms with E-state index in [1.807, 2.05) is 92.2 Å². The van der Waals surface area contributed by atoms with Crippen LogP contribution in [0.2, 0.25) is 0 Å². The molecule has 3 N–H and O–H groups in total. The summed E-state index contributed by atoms with van der Waals surface area (Å²) >= 11 is 1.52. The number of pyridine rings is 2. The van der Waals surface area contributed by atoms with Crippen molar-refractivity contribution in [2.75, 3.05) is 17.2 Å². The van der Waals surface area contributed by atoms with Crippen LogP contribution in [-0.2, 0) is 12.0 Å². The number of amides is 2. The lowest BCUT2D eigenvalue weighted by Crippen LogP contribution is -2.36. The molecule has 1 aliphatic rings. The van der Waals surface area contributed by atoms with E-state index in [1.54, 1.807) is 6.07 Å². The van der Waals surface area contributed by atoms with Crippen LogP contribution in [0, 0.1) is 0 Å². The van der Waals surface area contributed by atoms with E-state index in [4.69, 9.17) is 19.2 Å². The van der Waals surface area contributed by atoms with Gasteiger partial charge < -0.3 is 19.9 Å². The fraction of sp³-hybridized carbons (Fsp3) is 0.281. The number of nitrogens with zero attached hydrogens (tertiary/aromatic N) is 5. The summed E-state index contributed by atoms with van der Waals surface area (Å²) < 4.78 is 13.5. The van der Waals surface area contributed by atoms with E-state index < -0.39 is 6.03 Å². The van der Waals surface area contributed by atoms with Gasteiger partial charge >= 0.3 is 6.03 Å². The van der Waals surface area contributed by atoms with Crippen molar-refractivity contribution in [1.29, 1.82) is 0 Å². The van der Waals surface area contributed by atoms with E-state index in [-0.39, 0.29) is 11.0 Å². The molecule has 44 heavy (non-hydrogen) atoms. The first-order valence-electron chi connectivity index (χ1n) is 14.5. The van der Waals surface area contributed by atoms with Gasteiger partial charge in [-0.15, -0.1) is 0 Å². The van der Waals surface area contributed by atoms with E-state index in [0.717, 1.165) is 51.6 Å². The lowest BCUT2D eigenvalue weighted by atomic mass is 9.93. The molecule has 12 heteroatoms. The van der Waals surface area contributed by atoms with Crippen LogP contribution in [0.4, 0.5) is 16.3 Å². The summed E-state index contributed by atoms with van der Waals surface area (Å²) in [4.78, 5) is 28.2. The Morgan fingerprint density at radius 1 is 1.07 bits per heavy atom. The smallest absolute Gasteiger partial charge is 0.324 e. The Labute approximate surface area is 257 Å². The second-order valence-corrected chi connectivity index (χ2v) is 13.0. The summed E-state index contributed by atoms with van der Waals surface area (Å²) in [5, 5.41) is 13.1. The van der Waals surface area contributed by atoms with Gasteiger partial charge in [-0.2, -0.15) is 0 Å². The Balaban J connectivity index is 0.974. The van der Waals surface area contributed by atoms with E-state index >= 15 is 0 Å². The Bertz CT molecular complexity index is 1940. The van der Waals surface area contributed by atoms with Crippen LogP contribution >= 0.6 is 11.3 Å². The highest BCUT2D eigenvalue weighted by atomic mass is 32.1. The van der Waals surface area contributed by atoms with Gasteiger partial charge in [-0.05, 0) is 43.2 Å². The first kappa shape index (κ1) is 28.0. The van der Waals surface area contributed by atoms with Gasteiger partial charge in [0, 0.05) is 47.7 Å². The Morgan fingerprint density at radius 3 is 2.64 bits per heavy atom. The van der Waals surface area contributed by atoms with Crippen LogP contribution in [0.25, 0.3) is 26.6 Å². The molecule has 0 saturated heterocycles. The summed E-state index contributed by atoms with van der Waals surface area (Å²) in [7, 11) is 0. The maximum absolute atomic E-state index is 12.5. The van der Waals surface area contributed by atoms with Crippen LogP contribution in [0.5, 0.6) is 5.88 Å². The zero-order valence-corrected chi connectivity index (χ0v) is 25.4. The second kappa shape index (κ2) is 11.0. The fourth-order valence-electron chi connectivity index (χ4n) is 4.79. The Hall–Kier alpha value is -4.81. The summed E-state index contributed by atoms with van der Waals surface area (Å²) in [6.45, 7) is 7.34. The maximum Gasteiger partial charge on any atom is 0.324 e. The number of aromatic nitrogens is 5. The average molecular weight is 609 g/mol. The van der Waals surface area contributed by atoms with Gasteiger partial charge in [0.1, 0.15) is 17.2 Å². The molecule has 2 amide bonds. The molecule has 1 aliphatic carbocycles. The van der Waals surface area contributed by atoms with Crippen LogP contribution in [0.3, 0.4) is 0 Å². The molecule has 0 unspecified atom stereocenters. The van der Waals surface area contributed by atoms with Gasteiger partial charge in [0.05, 0.1) is 22.4 Å². The molecule has 1 aromatic carbocycles. The minimum Gasteiger partial charge on any atom is -0.476 e. The number of imidazole rings is 1. The normalized spacial score (nSPS) is 14.2. The number of ether oxygens (including phenoxy) is 1. The third kappa shape index (κ3) is 5.99. The van der Waals surface area contributed by atoms with Crippen molar-refractivity contribution in [3.8, 4) is 17.1 Å². The van der Waals surface area contributed by atoms with Gasteiger partial charge in [-0.25, -0.2) is 14.8 Å². The summed E-state index contributed by atoms with van der Waals surface area (Å²) in [6.07, 6.45) is 5.96. The predicted octanol–water partition coefficient (Wildman–Crippen LogP) is 6.64. The molecular formula is C32H32N8O3S. The van der Waals surface area contributed by atoms with Crippen molar-refractivity contribution in [1.82, 2.24) is 29.8 Å². The third-order valence-electron chi connectivity index (χ3n) is 7.59. The van der Waals surface area contributed by atoms with Gasteiger partial charge in [0.15, 0.2) is 10.8 Å². The van der Waals surface area contributed by atoms with Crippen molar-refractivity contribution >= 4 is 44.2 Å². The van der Waals surface area contributed by atoms with E-state index in [0.29, 0.717) is 29.8 Å². The van der Waals surface area contributed by atoms with Gasteiger partial charge in [0.25, 0.3) is 0 Å². The van der Waals surface area contributed by atoms with Gasteiger partial charge in [-0.1, -0.05) is 55.5 Å². The number of nitrogens with one attached hydrogen (secondary N) is 3. The minimum absolute atomic E-state index is 0.0187. The number of hydrogen-bond donors (Lipinski definition) is 3. The van der Waals surface area contributed by atoms with E-state index in [2.05, 4.69) is 26.1 Å². The molecule has 7 rings (SSSR count). The predicted molar refractivity (Wildman–Crippen MR) is 170 cm³/mol. The van der Waals surface area contributed by atoms with Gasteiger partial charge in [0.2, 0.25) is 5.88 Å². The number of anilines is 2.